The molecule has 11 aromatic rings. The third-order valence-corrected chi connectivity index (χ3v) is 15.4. The normalized spacial score (nSPS) is 14.4. The molecule has 0 amide bonds. The van der Waals surface area contributed by atoms with E-state index in [1.807, 2.05) is 60.7 Å². The minimum Gasteiger partial charge on any atom is -0.309 e. The molecule has 4 nitrogen and oxygen atoms in total. The number of fused-ring (bicyclic) bond motifs is 9. The quantitative estimate of drug-likeness (QED) is 0.157. The molecule has 1 unspecified atom stereocenters. The molecule has 2 aromatic heterocycles. The fourth-order valence-electron chi connectivity index (χ4n) is 9.35. The molecule has 9 aromatic carbocycles. The fourth-order valence-corrected chi connectivity index (χ4v) is 12.6. The summed E-state index contributed by atoms with van der Waals surface area (Å²) in [7, 11) is -3.40. The van der Waals surface area contributed by atoms with E-state index in [1.54, 1.807) is 0 Å². The molecular formula is C56H36N3OP. The number of aromatic nitrogens is 3. The van der Waals surface area contributed by atoms with Gasteiger partial charge in [0.15, 0.2) is 7.14 Å². The first-order valence-corrected chi connectivity index (χ1v) is 22.3. The monoisotopic (exact) mass is 797 g/mol. The zero-order valence-corrected chi connectivity index (χ0v) is 33.9. The van der Waals surface area contributed by atoms with Crippen molar-refractivity contribution in [2.45, 2.75) is 0 Å². The van der Waals surface area contributed by atoms with Gasteiger partial charge in [0.1, 0.15) is 0 Å². The second kappa shape index (κ2) is 14.0. The van der Waals surface area contributed by atoms with E-state index in [-0.39, 0.29) is 0 Å². The van der Waals surface area contributed by atoms with Crippen LogP contribution in [0.4, 0.5) is 0 Å². The van der Waals surface area contributed by atoms with Crippen LogP contribution in [0, 0.1) is 0 Å². The lowest BCUT2D eigenvalue weighted by Gasteiger charge is -2.19. The SMILES string of the molecule is O=P1(c2ccccc2)c2ccccc2-c2ccc3c4ccc5ccccc5c4n(-c4nc(-c5ccc(-c6ccccc6)cc5)cc(-c5ccc(-c6ccccc6)cc5)n4)c3c21. The number of hydrogen-bond donors (Lipinski definition) is 0. The zero-order valence-electron chi connectivity index (χ0n) is 33.0. The van der Waals surface area contributed by atoms with Gasteiger partial charge in [0.25, 0.3) is 0 Å². The Morgan fingerprint density at radius 1 is 0.377 bits per heavy atom. The number of nitrogens with zero attached hydrogens (tertiary/aromatic N) is 3. The Hall–Kier alpha value is -7.65. The van der Waals surface area contributed by atoms with Crippen LogP contribution in [-0.4, -0.2) is 14.5 Å². The molecule has 12 rings (SSSR count). The van der Waals surface area contributed by atoms with Crippen LogP contribution >= 0.6 is 7.14 Å². The molecule has 3 heterocycles. The molecule has 0 spiro atoms. The van der Waals surface area contributed by atoms with Crippen LogP contribution < -0.4 is 15.9 Å². The molecule has 1 aliphatic rings. The minimum absolute atomic E-state index is 0.520. The van der Waals surface area contributed by atoms with Crippen LogP contribution in [0.3, 0.4) is 0 Å². The molecule has 61 heavy (non-hydrogen) atoms. The molecule has 0 saturated heterocycles. The molecule has 0 fully saturated rings. The van der Waals surface area contributed by atoms with E-state index in [1.165, 1.54) is 0 Å². The van der Waals surface area contributed by atoms with Crippen molar-refractivity contribution in [1.29, 1.82) is 0 Å². The summed E-state index contributed by atoms with van der Waals surface area (Å²) in [5.41, 5.74) is 12.0. The average Bonchev–Trinajstić information content (AvgIpc) is 3.82. The van der Waals surface area contributed by atoms with E-state index in [0.29, 0.717) is 5.95 Å². The average molecular weight is 798 g/mol. The number of rotatable bonds is 6. The molecule has 0 N–H and O–H groups in total. The lowest BCUT2D eigenvalue weighted by molar-refractivity contribution is 0.593. The maximum atomic E-state index is 16.4. The molecule has 5 heteroatoms. The van der Waals surface area contributed by atoms with Gasteiger partial charge in [-0.25, -0.2) is 9.97 Å². The minimum atomic E-state index is -3.40. The van der Waals surface area contributed by atoms with Gasteiger partial charge in [-0.05, 0) is 44.8 Å². The van der Waals surface area contributed by atoms with Gasteiger partial charge in [0.2, 0.25) is 5.95 Å². The third-order valence-electron chi connectivity index (χ3n) is 12.2. The Balaban J connectivity index is 1.18. The Morgan fingerprint density at radius 3 is 1.51 bits per heavy atom. The second-order valence-electron chi connectivity index (χ2n) is 15.7. The highest BCUT2D eigenvalue weighted by Crippen LogP contribution is 2.55. The Kier molecular flexibility index (Phi) is 8.09. The van der Waals surface area contributed by atoms with Crippen molar-refractivity contribution in [3.05, 3.63) is 218 Å². The Bertz CT molecular complexity index is 3420. The van der Waals surface area contributed by atoms with E-state index in [9.17, 15) is 0 Å². The van der Waals surface area contributed by atoms with Crippen LogP contribution in [0.5, 0.6) is 0 Å². The van der Waals surface area contributed by atoms with Crippen molar-refractivity contribution in [2.24, 2.45) is 0 Å². The standard InChI is InChI=1S/C56H36N3OP/c60-61(44-19-8-3-9-20-44)52-23-13-12-22-46(52)49-35-34-48-47-33-32-41-18-10-11-21-45(41)53(47)59(54(48)55(49)61)56-57-50(42-28-24-39(25-29-42)37-14-4-1-5-15-37)36-51(58-56)43-30-26-40(27-31-43)38-16-6-2-7-17-38/h1-36H. The van der Waals surface area contributed by atoms with Crippen LogP contribution in [0.25, 0.3) is 94.4 Å². The highest BCUT2D eigenvalue weighted by atomic mass is 31.2. The molecule has 0 radical (unpaired) electrons. The molecule has 0 aliphatic carbocycles. The third kappa shape index (κ3) is 5.57. The van der Waals surface area contributed by atoms with Crippen molar-refractivity contribution in [3.8, 4) is 61.8 Å². The van der Waals surface area contributed by atoms with Gasteiger partial charge in [0.05, 0.1) is 27.7 Å². The topological polar surface area (TPSA) is 47.8 Å². The summed E-state index contributed by atoms with van der Waals surface area (Å²) >= 11 is 0. The fraction of sp³-hybridized carbons (Fsp3) is 0. The summed E-state index contributed by atoms with van der Waals surface area (Å²) in [6.07, 6.45) is 0. The molecule has 1 atom stereocenters. The van der Waals surface area contributed by atoms with E-state index in [4.69, 9.17) is 9.97 Å². The number of benzene rings is 9. The number of hydrogen-bond acceptors (Lipinski definition) is 3. The van der Waals surface area contributed by atoms with Crippen molar-refractivity contribution in [1.82, 2.24) is 14.5 Å². The van der Waals surface area contributed by atoms with E-state index in [2.05, 4.69) is 162 Å². The van der Waals surface area contributed by atoms with Gasteiger partial charge in [-0.1, -0.05) is 212 Å². The van der Waals surface area contributed by atoms with Crippen LogP contribution in [0.15, 0.2) is 218 Å². The predicted molar refractivity (Wildman–Crippen MR) is 254 cm³/mol. The van der Waals surface area contributed by atoms with Crippen LogP contribution in [-0.2, 0) is 4.57 Å². The summed E-state index contributed by atoms with van der Waals surface area (Å²) in [6, 6.07) is 75.7. The lowest BCUT2D eigenvalue weighted by atomic mass is 10.0. The maximum Gasteiger partial charge on any atom is 0.235 e. The van der Waals surface area contributed by atoms with Gasteiger partial charge in [-0.15, -0.1) is 0 Å². The summed E-state index contributed by atoms with van der Waals surface area (Å²) in [5, 5.41) is 6.74. The maximum absolute atomic E-state index is 16.4. The van der Waals surface area contributed by atoms with Gasteiger partial charge < -0.3 is 4.57 Å². The van der Waals surface area contributed by atoms with Gasteiger partial charge >= 0.3 is 0 Å². The second-order valence-corrected chi connectivity index (χ2v) is 18.3. The lowest BCUT2D eigenvalue weighted by Crippen LogP contribution is -2.22. The molecular weight excluding hydrogens is 762 g/mol. The summed E-state index contributed by atoms with van der Waals surface area (Å²) < 4.78 is 18.6. The van der Waals surface area contributed by atoms with Crippen LogP contribution in [0.2, 0.25) is 0 Å². The molecule has 286 valence electrons. The summed E-state index contributed by atoms with van der Waals surface area (Å²) in [6.45, 7) is 0. The van der Waals surface area contributed by atoms with E-state index >= 15 is 4.57 Å². The summed E-state index contributed by atoms with van der Waals surface area (Å²) in [4.78, 5) is 11.0. The van der Waals surface area contributed by atoms with E-state index < -0.39 is 7.14 Å². The first-order chi connectivity index (χ1) is 30.1. The van der Waals surface area contributed by atoms with Crippen molar-refractivity contribution >= 4 is 55.6 Å². The van der Waals surface area contributed by atoms with Crippen LogP contribution in [0.1, 0.15) is 0 Å². The van der Waals surface area contributed by atoms with Crippen molar-refractivity contribution in [3.63, 3.8) is 0 Å². The predicted octanol–water partition coefficient (Wildman–Crippen LogP) is 13.0. The Labute approximate surface area is 353 Å². The first kappa shape index (κ1) is 35.3. The zero-order chi connectivity index (χ0) is 40.5. The van der Waals surface area contributed by atoms with Crippen molar-refractivity contribution in [2.75, 3.05) is 0 Å². The van der Waals surface area contributed by atoms with Gasteiger partial charge in [0, 0.05) is 37.9 Å². The smallest absolute Gasteiger partial charge is 0.235 e. The first-order valence-electron chi connectivity index (χ1n) is 20.6. The highest BCUT2D eigenvalue weighted by Gasteiger charge is 2.43. The molecule has 0 bridgehead atoms. The largest absolute Gasteiger partial charge is 0.309 e. The summed E-state index contributed by atoms with van der Waals surface area (Å²) in [5.74, 6) is 0.520. The van der Waals surface area contributed by atoms with Gasteiger partial charge in [-0.3, -0.25) is 4.57 Å². The Morgan fingerprint density at radius 2 is 0.869 bits per heavy atom. The van der Waals surface area contributed by atoms with E-state index in [0.717, 1.165) is 104 Å². The molecule has 1 aliphatic heterocycles. The van der Waals surface area contributed by atoms with Gasteiger partial charge in [-0.2, -0.15) is 0 Å². The highest BCUT2D eigenvalue weighted by molar-refractivity contribution is 7.86. The van der Waals surface area contributed by atoms with Crippen molar-refractivity contribution < 1.29 is 4.57 Å². The molecule has 0 saturated carbocycles.